The molecule has 0 fully saturated rings. The first kappa shape index (κ1) is 9.62. The lowest BCUT2D eigenvalue weighted by molar-refractivity contribution is 0.277. The quantitative estimate of drug-likeness (QED) is 0.846. The minimum atomic E-state index is -0.00849. The van der Waals surface area contributed by atoms with E-state index in [0.29, 0.717) is 5.69 Å². The van der Waals surface area contributed by atoms with Gasteiger partial charge in [0, 0.05) is 9.86 Å². The fourth-order valence-corrected chi connectivity index (χ4v) is 2.09. The number of hydrogen-bond acceptors (Lipinski definition) is 2. The zero-order valence-electron chi connectivity index (χ0n) is 7.79. The van der Waals surface area contributed by atoms with Crippen LogP contribution in [0.1, 0.15) is 11.3 Å². The van der Waals surface area contributed by atoms with Crippen molar-refractivity contribution >= 4 is 26.8 Å². The first-order chi connectivity index (χ1) is 6.70. The molecule has 1 aromatic heterocycles. The van der Waals surface area contributed by atoms with Crippen LogP contribution < -0.4 is 0 Å². The van der Waals surface area contributed by atoms with Gasteiger partial charge in [0.05, 0.1) is 17.8 Å². The zero-order valence-corrected chi connectivity index (χ0v) is 9.37. The summed E-state index contributed by atoms with van der Waals surface area (Å²) in [4.78, 5) is 4.36. The van der Waals surface area contributed by atoms with E-state index in [1.54, 1.807) is 0 Å². The highest BCUT2D eigenvalue weighted by atomic mass is 79.9. The van der Waals surface area contributed by atoms with Crippen LogP contribution in [0.5, 0.6) is 0 Å². The summed E-state index contributed by atoms with van der Waals surface area (Å²) in [5, 5.41) is 10.1. The Morgan fingerprint density at radius 2 is 2.14 bits per heavy atom. The topological polar surface area (TPSA) is 33.1 Å². The molecule has 0 saturated carbocycles. The Morgan fingerprint density at radius 1 is 1.36 bits per heavy atom. The fraction of sp³-hybridized carbons (Fsp3) is 0.182. The monoisotopic (exact) mass is 251 g/mol. The molecular formula is C11H10BrNO. The molecule has 2 rings (SSSR count). The van der Waals surface area contributed by atoms with Crippen LogP contribution in [0.4, 0.5) is 0 Å². The maximum absolute atomic E-state index is 8.97. The van der Waals surface area contributed by atoms with E-state index >= 15 is 0 Å². The van der Waals surface area contributed by atoms with Crippen LogP contribution in [0.25, 0.3) is 10.9 Å². The molecule has 0 aliphatic carbocycles. The number of nitrogens with zero attached hydrogens (tertiary/aromatic N) is 1. The van der Waals surface area contributed by atoms with E-state index in [0.717, 1.165) is 20.9 Å². The number of halogens is 1. The normalized spacial score (nSPS) is 10.8. The van der Waals surface area contributed by atoms with Crippen molar-refractivity contribution in [3.8, 4) is 0 Å². The molecule has 2 nitrogen and oxygen atoms in total. The highest BCUT2D eigenvalue weighted by Crippen LogP contribution is 2.22. The van der Waals surface area contributed by atoms with Crippen LogP contribution in [0.15, 0.2) is 28.7 Å². The van der Waals surface area contributed by atoms with Crippen LogP contribution in [0.3, 0.4) is 0 Å². The second-order valence-electron chi connectivity index (χ2n) is 3.26. The van der Waals surface area contributed by atoms with Gasteiger partial charge in [0.25, 0.3) is 0 Å². The highest BCUT2D eigenvalue weighted by molar-refractivity contribution is 9.10. The van der Waals surface area contributed by atoms with Gasteiger partial charge in [-0.1, -0.05) is 22.0 Å². The zero-order chi connectivity index (χ0) is 10.1. The van der Waals surface area contributed by atoms with Gasteiger partial charge in [-0.15, -0.1) is 0 Å². The second-order valence-corrected chi connectivity index (χ2v) is 4.17. The van der Waals surface area contributed by atoms with Crippen LogP contribution in [0.2, 0.25) is 0 Å². The molecular weight excluding hydrogens is 242 g/mol. The van der Waals surface area contributed by atoms with E-state index in [-0.39, 0.29) is 6.61 Å². The summed E-state index contributed by atoms with van der Waals surface area (Å²) in [6.45, 7) is 2.01. The molecule has 0 saturated heterocycles. The molecule has 3 heteroatoms. The van der Waals surface area contributed by atoms with Gasteiger partial charge in [0.1, 0.15) is 0 Å². The van der Waals surface area contributed by atoms with Crippen molar-refractivity contribution in [1.29, 1.82) is 0 Å². The van der Waals surface area contributed by atoms with Crippen molar-refractivity contribution < 1.29 is 5.11 Å². The Morgan fingerprint density at radius 3 is 2.86 bits per heavy atom. The van der Waals surface area contributed by atoms with Gasteiger partial charge >= 0.3 is 0 Å². The molecule has 1 heterocycles. The second kappa shape index (κ2) is 3.67. The third kappa shape index (κ3) is 1.65. The molecule has 1 N–H and O–H groups in total. The van der Waals surface area contributed by atoms with E-state index < -0.39 is 0 Å². The molecule has 0 atom stereocenters. The van der Waals surface area contributed by atoms with Crippen molar-refractivity contribution in [2.24, 2.45) is 0 Å². The molecule has 0 radical (unpaired) electrons. The molecule has 2 aromatic rings. The predicted octanol–water partition coefficient (Wildman–Crippen LogP) is 2.80. The van der Waals surface area contributed by atoms with Crippen molar-refractivity contribution in [3.63, 3.8) is 0 Å². The van der Waals surface area contributed by atoms with Crippen LogP contribution >= 0.6 is 15.9 Å². The lowest BCUT2D eigenvalue weighted by Crippen LogP contribution is -1.91. The van der Waals surface area contributed by atoms with E-state index in [1.807, 2.05) is 31.2 Å². The van der Waals surface area contributed by atoms with E-state index in [2.05, 4.69) is 20.9 Å². The predicted molar refractivity (Wildman–Crippen MR) is 60.1 cm³/mol. The Bertz CT molecular complexity index is 482. The SMILES string of the molecule is Cc1cc(Br)cc2ccc(CO)nc12. The lowest BCUT2D eigenvalue weighted by atomic mass is 10.1. The number of benzene rings is 1. The maximum Gasteiger partial charge on any atom is 0.0853 e. The molecule has 72 valence electrons. The minimum absolute atomic E-state index is 0.00849. The van der Waals surface area contributed by atoms with Gasteiger partial charge in [0.2, 0.25) is 0 Å². The Kier molecular flexibility index (Phi) is 2.52. The first-order valence-corrected chi connectivity index (χ1v) is 5.16. The van der Waals surface area contributed by atoms with Crippen LogP contribution in [-0.2, 0) is 6.61 Å². The van der Waals surface area contributed by atoms with Crippen LogP contribution in [0, 0.1) is 6.92 Å². The summed E-state index contributed by atoms with van der Waals surface area (Å²) in [5.74, 6) is 0. The lowest BCUT2D eigenvalue weighted by Gasteiger charge is -2.04. The summed E-state index contributed by atoms with van der Waals surface area (Å²) in [5.41, 5.74) is 2.78. The number of fused-ring (bicyclic) bond motifs is 1. The molecule has 0 amide bonds. The largest absolute Gasteiger partial charge is 0.390 e. The summed E-state index contributed by atoms with van der Waals surface area (Å²) in [7, 11) is 0. The average molecular weight is 252 g/mol. The molecule has 0 unspecified atom stereocenters. The van der Waals surface area contributed by atoms with Gasteiger partial charge in [-0.25, -0.2) is 0 Å². The van der Waals surface area contributed by atoms with Crippen molar-refractivity contribution in [2.75, 3.05) is 0 Å². The molecule has 0 bridgehead atoms. The summed E-state index contributed by atoms with van der Waals surface area (Å²) in [6.07, 6.45) is 0. The van der Waals surface area contributed by atoms with Crippen molar-refractivity contribution in [2.45, 2.75) is 13.5 Å². The number of hydrogen-bond donors (Lipinski definition) is 1. The number of aryl methyl sites for hydroxylation is 1. The third-order valence-corrected chi connectivity index (χ3v) is 2.63. The number of aromatic nitrogens is 1. The van der Waals surface area contributed by atoms with Crippen molar-refractivity contribution in [3.05, 3.63) is 40.0 Å². The van der Waals surface area contributed by atoms with Gasteiger partial charge in [0.15, 0.2) is 0 Å². The van der Waals surface area contributed by atoms with Crippen molar-refractivity contribution in [1.82, 2.24) is 4.98 Å². The Balaban J connectivity index is 2.75. The van der Waals surface area contributed by atoms with Crippen LogP contribution in [-0.4, -0.2) is 10.1 Å². The average Bonchev–Trinajstić information content (AvgIpc) is 2.17. The van der Waals surface area contributed by atoms with E-state index in [9.17, 15) is 0 Å². The molecule has 0 aliphatic rings. The fourth-order valence-electron chi connectivity index (χ4n) is 1.50. The Labute approximate surface area is 90.7 Å². The number of rotatable bonds is 1. The summed E-state index contributed by atoms with van der Waals surface area (Å²) in [6, 6.07) is 7.87. The summed E-state index contributed by atoms with van der Waals surface area (Å²) >= 11 is 3.44. The van der Waals surface area contributed by atoms with Gasteiger partial charge in [-0.2, -0.15) is 0 Å². The number of pyridine rings is 1. The maximum atomic E-state index is 8.97. The van der Waals surface area contributed by atoms with Gasteiger partial charge in [-0.3, -0.25) is 4.98 Å². The Hall–Kier alpha value is -0.930. The van der Waals surface area contributed by atoms with Gasteiger partial charge in [-0.05, 0) is 30.7 Å². The third-order valence-electron chi connectivity index (χ3n) is 2.17. The molecule has 0 spiro atoms. The summed E-state index contributed by atoms with van der Waals surface area (Å²) < 4.78 is 1.06. The number of aliphatic hydroxyl groups is 1. The standard InChI is InChI=1S/C11H10BrNO/c1-7-4-9(12)5-8-2-3-10(6-14)13-11(7)8/h2-5,14H,6H2,1H3. The number of aliphatic hydroxyl groups excluding tert-OH is 1. The minimum Gasteiger partial charge on any atom is -0.390 e. The molecule has 0 aliphatic heterocycles. The molecule has 14 heavy (non-hydrogen) atoms. The smallest absolute Gasteiger partial charge is 0.0853 e. The molecule has 1 aromatic carbocycles. The highest BCUT2D eigenvalue weighted by Gasteiger charge is 2.01. The van der Waals surface area contributed by atoms with E-state index in [4.69, 9.17) is 5.11 Å². The van der Waals surface area contributed by atoms with Gasteiger partial charge < -0.3 is 5.11 Å². The first-order valence-electron chi connectivity index (χ1n) is 4.37. The van der Waals surface area contributed by atoms with E-state index in [1.165, 1.54) is 0 Å².